The van der Waals surface area contributed by atoms with Gasteiger partial charge in [0.05, 0.1) is 0 Å². The molecule has 0 unspecified atom stereocenters. The van der Waals surface area contributed by atoms with Crippen LogP contribution in [0.15, 0.2) is 248 Å². The zero-order valence-corrected chi connectivity index (χ0v) is 38.5. The molecule has 0 amide bonds. The summed E-state index contributed by atoms with van der Waals surface area (Å²) in [5.74, 6) is 1.58. The highest BCUT2D eigenvalue weighted by Gasteiger charge is 2.23. The fraction of sp³-hybridized carbons (Fsp3) is 0. The average molecular weight is 900 g/mol. The molecular weight excluding hydrogens is 859 g/mol. The minimum atomic E-state index is 0.791. The van der Waals surface area contributed by atoms with Crippen molar-refractivity contribution in [2.45, 2.75) is 0 Å². The lowest BCUT2D eigenvalue weighted by Gasteiger charge is -2.21. The maximum absolute atomic E-state index is 4.81. The summed E-state index contributed by atoms with van der Waals surface area (Å²) in [7, 11) is 0. The van der Waals surface area contributed by atoms with E-state index in [0.717, 1.165) is 45.2 Å². The van der Waals surface area contributed by atoms with Gasteiger partial charge in [0, 0.05) is 16.8 Å². The third-order valence-electron chi connectivity index (χ3n) is 14.3. The van der Waals surface area contributed by atoms with E-state index in [2.05, 4.69) is 240 Å². The molecule has 0 atom stereocenters. The minimum Gasteiger partial charge on any atom is -0.275 e. The van der Waals surface area contributed by atoms with Gasteiger partial charge in [-0.05, 0) is 152 Å². The third kappa shape index (κ3) is 6.69. The van der Waals surface area contributed by atoms with Crippen molar-refractivity contribution >= 4 is 66.0 Å². The highest BCUT2D eigenvalue weighted by Crippen LogP contribution is 2.49. The summed E-state index contributed by atoms with van der Waals surface area (Å²) in [4.78, 5) is 0. The maximum atomic E-state index is 4.81. The van der Waals surface area contributed by atoms with Crippen molar-refractivity contribution in [3.8, 4) is 73.0 Å². The number of benzene rings is 12. The van der Waals surface area contributed by atoms with E-state index in [1.807, 2.05) is 24.3 Å². The largest absolute Gasteiger partial charge is 0.275 e. The Kier molecular flexibility index (Phi) is 9.44. The van der Waals surface area contributed by atoms with E-state index in [1.165, 1.54) is 92.8 Å². The van der Waals surface area contributed by atoms with Gasteiger partial charge in [-0.2, -0.15) is 0 Å². The molecule has 0 spiro atoms. The summed E-state index contributed by atoms with van der Waals surface area (Å²) >= 11 is 0. The normalized spacial score (nSPS) is 11.9. The second-order valence-electron chi connectivity index (χ2n) is 18.3. The van der Waals surface area contributed by atoms with Crippen molar-refractivity contribution in [3.05, 3.63) is 259 Å². The standard InChI is InChI=1S/C68H41N3/c1-3-20-46(21-4-1)67-69-70-68(47-22-5-2-6-23-47)71(67)54-27-17-26-50(42-54)63-55-28-11-13-30-57(55)65(58-31-14-12-29-56(58)63)53-38-39-61-62(43-53)66(52-37-35-45-19-8-10-25-49(45)41-52)60-33-16-15-32-59(60)64(61)51-36-34-44-18-7-9-24-48(44)40-51/h1-7,9,11-43H. The fourth-order valence-electron chi connectivity index (χ4n) is 11.2. The number of nitrogens with zero attached hydrogens (tertiary/aromatic N) is 3. The SMILES string of the molecule is C1=C=Cc2cc(-c3c4ccccc4c(-c4ccc5ccccc5c4)c4ccc(-c5c6ccccc6c(-c6cccc(-n7c(-c8ccccc8)nnc7-c7ccccc7)c6)c6ccccc56)cc34)ccc2C=1. The molecule has 1 aliphatic carbocycles. The van der Waals surface area contributed by atoms with Crippen molar-refractivity contribution in [2.75, 3.05) is 0 Å². The summed E-state index contributed by atoms with van der Waals surface area (Å²) in [5.41, 5.74) is 21.2. The van der Waals surface area contributed by atoms with Gasteiger partial charge in [0.15, 0.2) is 11.6 Å². The van der Waals surface area contributed by atoms with Gasteiger partial charge in [0.2, 0.25) is 0 Å². The van der Waals surface area contributed by atoms with Crippen LogP contribution < -0.4 is 0 Å². The summed E-state index contributed by atoms with van der Waals surface area (Å²) in [6.07, 6.45) is 4.07. The van der Waals surface area contributed by atoms with Gasteiger partial charge in [0.25, 0.3) is 0 Å². The summed E-state index contributed by atoms with van der Waals surface area (Å²) in [6, 6.07) is 86.0. The van der Waals surface area contributed by atoms with E-state index >= 15 is 0 Å². The highest BCUT2D eigenvalue weighted by atomic mass is 15.3. The molecule has 14 rings (SSSR count). The van der Waals surface area contributed by atoms with Crippen LogP contribution in [0, 0.1) is 0 Å². The molecule has 0 saturated heterocycles. The van der Waals surface area contributed by atoms with Crippen molar-refractivity contribution in [1.82, 2.24) is 14.8 Å². The molecule has 71 heavy (non-hydrogen) atoms. The van der Waals surface area contributed by atoms with E-state index in [-0.39, 0.29) is 0 Å². The fourth-order valence-corrected chi connectivity index (χ4v) is 11.2. The second-order valence-corrected chi connectivity index (χ2v) is 18.3. The third-order valence-corrected chi connectivity index (χ3v) is 14.3. The lowest BCUT2D eigenvalue weighted by molar-refractivity contribution is 1.07. The second kappa shape index (κ2) is 16.6. The molecule has 0 radical (unpaired) electrons. The molecule has 328 valence electrons. The van der Waals surface area contributed by atoms with Gasteiger partial charge < -0.3 is 0 Å². The molecule has 13 aromatic rings. The molecule has 1 aliphatic rings. The zero-order chi connectivity index (χ0) is 46.8. The van der Waals surface area contributed by atoms with Gasteiger partial charge in [-0.25, -0.2) is 0 Å². The summed E-state index contributed by atoms with van der Waals surface area (Å²) in [6.45, 7) is 0. The molecular formula is C68H41N3. The monoisotopic (exact) mass is 899 g/mol. The Morgan fingerprint density at radius 3 is 1.28 bits per heavy atom. The Balaban J connectivity index is 1.02. The van der Waals surface area contributed by atoms with Crippen LogP contribution in [0.2, 0.25) is 0 Å². The van der Waals surface area contributed by atoms with E-state index in [4.69, 9.17) is 10.2 Å². The number of hydrogen-bond acceptors (Lipinski definition) is 2. The Hall–Kier alpha value is -9.62. The molecule has 0 N–H and O–H groups in total. The van der Waals surface area contributed by atoms with E-state index in [1.54, 1.807) is 0 Å². The molecule has 0 bridgehead atoms. The van der Waals surface area contributed by atoms with Crippen LogP contribution >= 0.6 is 0 Å². The topological polar surface area (TPSA) is 30.7 Å². The first-order valence-corrected chi connectivity index (χ1v) is 24.1. The van der Waals surface area contributed by atoms with Crippen molar-refractivity contribution in [2.24, 2.45) is 0 Å². The molecule has 3 nitrogen and oxygen atoms in total. The van der Waals surface area contributed by atoms with E-state index < -0.39 is 0 Å². The Morgan fingerprint density at radius 1 is 0.268 bits per heavy atom. The Bertz CT molecular complexity index is 4300. The summed E-state index contributed by atoms with van der Waals surface area (Å²) in [5, 5.41) is 21.7. The van der Waals surface area contributed by atoms with Gasteiger partial charge in [-0.3, -0.25) is 4.57 Å². The predicted octanol–water partition coefficient (Wildman–Crippen LogP) is 17.8. The van der Waals surface area contributed by atoms with Crippen LogP contribution in [0.3, 0.4) is 0 Å². The number of hydrogen-bond donors (Lipinski definition) is 0. The molecule has 1 heterocycles. The number of aromatic nitrogens is 3. The first-order chi connectivity index (χ1) is 35.2. The lowest BCUT2D eigenvalue weighted by Crippen LogP contribution is -2.01. The predicted molar refractivity (Wildman–Crippen MR) is 297 cm³/mol. The van der Waals surface area contributed by atoms with Crippen LogP contribution in [0.4, 0.5) is 0 Å². The smallest absolute Gasteiger partial charge is 0.168 e. The van der Waals surface area contributed by atoms with E-state index in [9.17, 15) is 0 Å². The van der Waals surface area contributed by atoms with Gasteiger partial charge in [0.1, 0.15) is 0 Å². The molecule has 3 heteroatoms. The number of rotatable bonds is 7. The van der Waals surface area contributed by atoms with Crippen molar-refractivity contribution < 1.29 is 0 Å². The maximum Gasteiger partial charge on any atom is 0.168 e. The zero-order valence-electron chi connectivity index (χ0n) is 38.5. The highest BCUT2D eigenvalue weighted by molar-refractivity contribution is 6.25. The van der Waals surface area contributed by atoms with Crippen molar-refractivity contribution in [1.29, 1.82) is 0 Å². The van der Waals surface area contributed by atoms with Crippen LogP contribution in [-0.2, 0) is 0 Å². The molecule has 0 fully saturated rings. The van der Waals surface area contributed by atoms with Crippen molar-refractivity contribution in [3.63, 3.8) is 0 Å². The minimum absolute atomic E-state index is 0.791. The van der Waals surface area contributed by atoms with Gasteiger partial charge in [-0.15, -0.1) is 10.2 Å². The summed E-state index contributed by atoms with van der Waals surface area (Å²) < 4.78 is 2.20. The quantitative estimate of drug-likeness (QED) is 0.118. The Morgan fingerprint density at radius 2 is 0.690 bits per heavy atom. The van der Waals surface area contributed by atoms with Gasteiger partial charge >= 0.3 is 0 Å². The lowest BCUT2D eigenvalue weighted by atomic mass is 9.82. The van der Waals surface area contributed by atoms with E-state index in [0.29, 0.717) is 0 Å². The first-order valence-electron chi connectivity index (χ1n) is 24.1. The molecule has 0 aliphatic heterocycles. The molecule has 0 saturated carbocycles. The Labute approximate surface area is 410 Å². The molecule has 1 aromatic heterocycles. The van der Waals surface area contributed by atoms with Crippen LogP contribution in [0.1, 0.15) is 11.1 Å². The van der Waals surface area contributed by atoms with Crippen LogP contribution in [0.5, 0.6) is 0 Å². The molecule has 12 aromatic carbocycles. The van der Waals surface area contributed by atoms with Crippen LogP contribution in [-0.4, -0.2) is 14.8 Å². The first kappa shape index (κ1) is 40.4. The average Bonchev–Trinajstić information content (AvgIpc) is 3.90. The van der Waals surface area contributed by atoms with Gasteiger partial charge in [-0.1, -0.05) is 218 Å². The van der Waals surface area contributed by atoms with Crippen LogP contribution in [0.25, 0.3) is 139 Å². The number of fused-ring (bicyclic) bond motifs is 6.